The number of hydrazone groups is 1. The lowest BCUT2D eigenvalue weighted by Gasteiger charge is -2.34. The number of nitrogens with zero attached hydrogens (tertiary/aromatic N) is 3. The average Bonchev–Trinajstić information content (AvgIpc) is 3.18. The molecule has 4 nitrogen and oxygen atoms in total. The van der Waals surface area contributed by atoms with Gasteiger partial charge in [-0.05, 0) is 49.2 Å². The molecule has 0 radical (unpaired) electrons. The van der Waals surface area contributed by atoms with E-state index < -0.39 is 17.8 Å². The number of para-hydroxylation sites is 1. The van der Waals surface area contributed by atoms with Gasteiger partial charge in [-0.2, -0.15) is 18.3 Å². The Hall–Kier alpha value is -2.70. The molecule has 2 aliphatic rings. The topological polar surface area (TPSA) is 28.1 Å². The van der Waals surface area contributed by atoms with Gasteiger partial charge in [-0.15, -0.1) is 0 Å². The van der Waals surface area contributed by atoms with Crippen LogP contribution in [0, 0.1) is 12.8 Å². The Bertz CT molecular complexity index is 950. The van der Waals surface area contributed by atoms with Gasteiger partial charge >= 0.3 is 6.18 Å². The van der Waals surface area contributed by atoms with Gasteiger partial charge in [-0.3, -0.25) is 5.01 Å². The first-order chi connectivity index (χ1) is 16.3. The number of piperidine rings is 1. The maximum absolute atomic E-state index is 13.3. The number of alkyl halides is 3. The maximum Gasteiger partial charge on any atom is 0.431 e. The number of hydrogen-bond acceptors (Lipinski definition) is 4. The summed E-state index contributed by atoms with van der Waals surface area (Å²) < 4.78 is 46.1. The standard InChI is InChI=1S/C25H30F3N3O.C2H6/c1-4-22-18(3)24(25(26,27)28)29-31(22)19-9-11-20(12-10-19)32-21-13-15-30(16-14-21)23-8-6-5-7-17(23)2;1-2/h5-12,18,21-22H,4,13-16H2,1-3H3;1-2H3/t18?,22-;/m0./s1. The molecule has 0 spiro atoms. The van der Waals surface area contributed by atoms with Gasteiger partial charge in [-0.25, -0.2) is 0 Å². The second kappa shape index (κ2) is 11.2. The second-order valence-corrected chi connectivity index (χ2v) is 8.68. The molecule has 0 aromatic heterocycles. The van der Waals surface area contributed by atoms with Gasteiger partial charge in [0.25, 0.3) is 0 Å². The summed E-state index contributed by atoms with van der Waals surface area (Å²) >= 11 is 0. The highest BCUT2D eigenvalue weighted by atomic mass is 19.4. The van der Waals surface area contributed by atoms with Crippen molar-refractivity contribution in [1.82, 2.24) is 0 Å². The molecule has 2 aliphatic heterocycles. The number of aryl methyl sites for hydroxylation is 1. The Morgan fingerprint density at radius 1 is 1.00 bits per heavy atom. The summed E-state index contributed by atoms with van der Waals surface area (Å²) in [7, 11) is 0. The lowest BCUT2D eigenvalue weighted by molar-refractivity contribution is -0.0620. The van der Waals surface area contributed by atoms with Crippen molar-refractivity contribution < 1.29 is 17.9 Å². The Labute approximate surface area is 201 Å². The van der Waals surface area contributed by atoms with Gasteiger partial charge in [0.2, 0.25) is 0 Å². The number of hydrogen-bond donors (Lipinski definition) is 0. The summed E-state index contributed by atoms with van der Waals surface area (Å²) in [6.45, 7) is 11.5. The summed E-state index contributed by atoms with van der Waals surface area (Å²) in [5, 5.41) is 5.44. The Morgan fingerprint density at radius 2 is 1.62 bits per heavy atom. The predicted octanol–water partition coefficient (Wildman–Crippen LogP) is 7.22. The largest absolute Gasteiger partial charge is 0.490 e. The molecule has 2 heterocycles. The molecule has 4 rings (SSSR count). The summed E-state index contributed by atoms with van der Waals surface area (Å²) in [5.74, 6) is 0.0813. The van der Waals surface area contributed by atoms with E-state index in [4.69, 9.17) is 4.74 Å². The SMILES string of the molecule is CC.CC[C@H]1C(C)C(C(F)(F)F)=NN1c1ccc(OC2CCN(c3ccccc3C)CC2)cc1. The van der Waals surface area contributed by atoms with Crippen LogP contribution in [-0.2, 0) is 0 Å². The first-order valence-electron chi connectivity index (χ1n) is 12.3. The van der Waals surface area contributed by atoms with E-state index >= 15 is 0 Å². The van der Waals surface area contributed by atoms with Crippen LogP contribution in [0.15, 0.2) is 53.6 Å². The minimum Gasteiger partial charge on any atom is -0.490 e. The molecule has 2 aromatic rings. The molecular formula is C27H36F3N3O. The summed E-state index contributed by atoms with van der Waals surface area (Å²) in [5.41, 5.74) is 2.51. The van der Waals surface area contributed by atoms with E-state index in [1.807, 2.05) is 32.9 Å². The van der Waals surface area contributed by atoms with E-state index in [2.05, 4.69) is 41.2 Å². The van der Waals surface area contributed by atoms with Crippen LogP contribution in [0.4, 0.5) is 24.5 Å². The van der Waals surface area contributed by atoms with Crippen molar-refractivity contribution in [3.63, 3.8) is 0 Å². The van der Waals surface area contributed by atoms with Crippen LogP contribution in [0.3, 0.4) is 0 Å². The summed E-state index contributed by atoms with van der Waals surface area (Å²) in [6.07, 6.45) is -1.83. The third kappa shape index (κ3) is 5.68. The third-order valence-corrected chi connectivity index (χ3v) is 6.55. The molecule has 2 aromatic carbocycles. The van der Waals surface area contributed by atoms with Gasteiger partial charge in [0.15, 0.2) is 0 Å². The predicted molar refractivity (Wildman–Crippen MR) is 134 cm³/mol. The zero-order chi connectivity index (χ0) is 24.9. The highest BCUT2D eigenvalue weighted by Gasteiger charge is 2.47. The Balaban J connectivity index is 0.00000158. The smallest absolute Gasteiger partial charge is 0.431 e. The fraction of sp³-hybridized carbons (Fsp3) is 0.519. The molecule has 1 unspecified atom stereocenters. The van der Waals surface area contributed by atoms with Crippen molar-refractivity contribution >= 4 is 17.1 Å². The van der Waals surface area contributed by atoms with Crippen molar-refractivity contribution in [2.45, 2.75) is 72.2 Å². The van der Waals surface area contributed by atoms with Gasteiger partial charge in [0, 0.05) is 37.5 Å². The Kier molecular flexibility index (Phi) is 8.50. The first kappa shape index (κ1) is 25.9. The van der Waals surface area contributed by atoms with E-state index in [1.54, 1.807) is 19.1 Å². The first-order valence-corrected chi connectivity index (χ1v) is 12.3. The van der Waals surface area contributed by atoms with Gasteiger partial charge < -0.3 is 9.64 Å². The van der Waals surface area contributed by atoms with E-state index in [9.17, 15) is 13.2 Å². The molecule has 0 amide bonds. The van der Waals surface area contributed by atoms with Crippen molar-refractivity contribution in [1.29, 1.82) is 0 Å². The number of benzene rings is 2. The molecule has 186 valence electrons. The van der Waals surface area contributed by atoms with Crippen LogP contribution in [0.2, 0.25) is 0 Å². The lowest BCUT2D eigenvalue weighted by Crippen LogP contribution is -2.38. The minimum atomic E-state index is -4.40. The molecule has 0 N–H and O–H groups in total. The van der Waals surface area contributed by atoms with Crippen molar-refractivity contribution in [2.75, 3.05) is 23.0 Å². The Morgan fingerprint density at radius 3 is 2.18 bits per heavy atom. The number of rotatable bonds is 5. The second-order valence-electron chi connectivity index (χ2n) is 8.68. The van der Waals surface area contributed by atoms with Crippen molar-refractivity contribution in [3.8, 4) is 5.75 Å². The normalized spacial score (nSPS) is 21.1. The van der Waals surface area contributed by atoms with E-state index in [0.717, 1.165) is 31.7 Å². The number of halogens is 3. The zero-order valence-electron chi connectivity index (χ0n) is 20.8. The van der Waals surface area contributed by atoms with Crippen LogP contribution in [0.5, 0.6) is 5.75 Å². The number of anilines is 2. The fourth-order valence-corrected chi connectivity index (χ4v) is 4.77. The molecular weight excluding hydrogens is 439 g/mol. The highest BCUT2D eigenvalue weighted by molar-refractivity contribution is 5.95. The van der Waals surface area contributed by atoms with Crippen LogP contribution in [0.1, 0.15) is 52.5 Å². The average molecular weight is 476 g/mol. The summed E-state index contributed by atoms with van der Waals surface area (Å²) in [6, 6.07) is 15.4. The lowest BCUT2D eigenvalue weighted by atomic mass is 9.95. The maximum atomic E-state index is 13.3. The molecule has 0 bridgehead atoms. The molecule has 2 atom stereocenters. The van der Waals surface area contributed by atoms with Crippen molar-refractivity contribution in [2.24, 2.45) is 11.0 Å². The van der Waals surface area contributed by atoms with Crippen LogP contribution < -0.4 is 14.6 Å². The number of ether oxygens (including phenoxy) is 1. The van der Waals surface area contributed by atoms with Crippen LogP contribution in [0.25, 0.3) is 0 Å². The molecule has 34 heavy (non-hydrogen) atoms. The molecule has 1 saturated heterocycles. The molecule has 1 fully saturated rings. The monoisotopic (exact) mass is 475 g/mol. The van der Waals surface area contributed by atoms with Gasteiger partial charge in [0.1, 0.15) is 17.6 Å². The van der Waals surface area contributed by atoms with E-state index in [-0.39, 0.29) is 12.1 Å². The highest BCUT2D eigenvalue weighted by Crippen LogP contribution is 2.36. The minimum absolute atomic E-state index is 0.131. The van der Waals surface area contributed by atoms with E-state index in [0.29, 0.717) is 12.1 Å². The molecule has 0 aliphatic carbocycles. The van der Waals surface area contributed by atoms with Gasteiger partial charge in [0.05, 0.1) is 11.7 Å². The third-order valence-electron chi connectivity index (χ3n) is 6.55. The summed E-state index contributed by atoms with van der Waals surface area (Å²) in [4.78, 5) is 2.40. The van der Waals surface area contributed by atoms with Crippen molar-refractivity contribution in [3.05, 3.63) is 54.1 Å². The van der Waals surface area contributed by atoms with Crippen LogP contribution >= 0.6 is 0 Å². The zero-order valence-corrected chi connectivity index (χ0v) is 20.8. The van der Waals surface area contributed by atoms with Crippen LogP contribution in [-0.4, -0.2) is 37.1 Å². The van der Waals surface area contributed by atoms with E-state index in [1.165, 1.54) is 16.3 Å². The molecule has 0 saturated carbocycles. The fourth-order valence-electron chi connectivity index (χ4n) is 4.77. The quantitative estimate of drug-likeness (QED) is 0.457. The van der Waals surface area contributed by atoms with Gasteiger partial charge in [-0.1, -0.05) is 45.9 Å². The molecule has 7 heteroatoms.